The lowest BCUT2D eigenvalue weighted by atomic mass is 10.2. The summed E-state index contributed by atoms with van der Waals surface area (Å²) in [5.41, 5.74) is 6.48. The molecule has 6 nitrogen and oxygen atoms in total. The maximum Gasteiger partial charge on any atom is 0.232 e. The first-order valence-corrected chi connectivity index (χ1v) is 7.06. The fourth-order valence-electron chi connectivity index (χ4n) is 1.40. The molecule has 0 saturated carbocycles. The van der Waals surface area contributed by atoms with Gasteiger partial charge in [0.25, 0.3) is 0 Å². The molecule has 0 amide bonds. The number of nitrogens with two attached hydrogens (primary N) is 1. The highest BCUT2D eigenvalue weighted by Crippen LogP contribution is 2.27. The Morgan fingerprint density at radius 2 is 2.06 bits per heavy atom. The van der Waals surface area contributed by atoms with Crippen molar-refractivity contribution in [1.29, 1.82) is 0 Å². The molecular formula is C11H18N2O4S. The topological polar surface area (TPSA) is 90.7 Å². The molecule has 0 radical (unpaired) electrons. The molecule has 0 aromatic heterocycles. The van der Waals surface area contributed by atoms with Crippen molar-refractivity contribution < 1.29 is 17.9 Å². The molecule has 1 aromatic rings. The van der Waals surface area contributed by atoms with Gasteiger partial charge in [-0.15, -0.1) is 0 Å². The van der Waals surface area contributed by atoms with Crippen molar-refractivity contribution >= 4 is 21.4 Å². The van der Waals surface area contributed by atoms with Gasteiger partial charge in [-0.3, -0.25) is 4.72 Å². The van der Waals surface area contributed by atoms with Crippen molar-refractivity contribution in [2.45, 2.75) is 6.42 Å². The summed E-state index contributed by atoms with van der Waals surface area (Å²) < 4.78 is 35.9. The quantitative estimate of drug-likeness (QED) is 0.573. The van der Waals surface area contributed by atoms with E-state index < -0.39 is 10.0 Å². The second-order valence-electron chi connectivity index (χ2n) is 3.73. The van der Waals surface area contributed by atoms with Crippen molar-refractivity contribution in [1.82, 2.24) is 0 Å². The Hall–Kier alpha value is -1.47. The molecule has 0 aliphatic rings. The Kier molecular flexibility index (Phi) is 5.24. The van der Waals surface area contributed by atoms with Crippen molar-refractivity contribution in [3.63, 3.8) is 0 Å². The molecule has 7 heteroatoms. The Bertz CT molecular complexity index is 488. The zero-order chi connectivity index (χ0) is 13.6. The van der Waals surface area contributed by atoms with Crippen molar-refractivity contribution in [3.8, 4) is 5.75 Å². The minimum atomic E-state index is -3.40. The van der Waals surface area contributed by atoms with Gasteiger partial charge in [-0.2, -0.15) is 0 Å². The van der Waals surface area contributed by atoms with E-state index in [-0.39, 0.29) is 5.75 Å². The summed E-state index contributed by atoms with van der Waals surface area (Å²) in [5, 5.41) is 0. The van der Waals surface area contributed by atoms with E-state index in [9.17, 15) is 8.42 Å². The Labute approximate surface area is 107 Å². The van der Waals surface area contributed by atoms with Gasteiger partial charge in [0.1, 0.15) is 5.75 Å². The Balaban J connectivity index is 2.77. The largest absolute Gasteiger partial charge is 0.494 e. The fraction of sp³-hybridized carbons (Fsp3) is 0.455. The molecule has 0 fully saturated rings. The third kappa shape index (κ3) is 4.42. The summed E-state index contributed by atoms with van der Waals surface area (Å²) >= 11 is 0. The van der Waals surface area contributed by atoms with E-state index in [2.05, 4.69) is 4.72 Å². The van der Waals surface area contributed by atoms with Gasteiger partial charge in [-0.1, -0.05) is 0 Å². The lowest BCUT2D eigenvalue weighted by Gasteiger charge is -2.12. The fourth-order valence-corrected chi connectivity index (χ4v) is 2.51. The van der Waals surface area contributed by atoms with E-state index in [1.54, 1.807) is 18.2 Å². The van der Waals surface area contributed by atoms with Crippen LogP contribution in [-0.2, 0) is 14.8 Å². The number of anilines is 2. The van der Waals surface area contributed by atoms with Crippen LogP contribution in [0.4, 0.5) is 11.4 Å². The van der Waals surface area contributed by atoms with Crippen LogP contribution in [0.2, 0.25) is 0 Å². The van der Waals surface area contributed by atoms with Gasteiger partial charge in [0.05, 0.1) is 18.6 Å². The van der Waals surface area contributed by atoms with Crippen LogP contribution in [0.1, 0.15) is 6.42 Å². The monoisotopic (exact) mass is 274 g/mol. The van der Waals surface area contributed by atoms with E-state index in [4.69, 9.17) is 15.2 Å². The highest BCUT2D eigenvalue weighted by molar-refractivity contribution is 7.92. The number of nitrogens with one attached hydrogen (secondary N) is 1. The summed E-state index contributed by atoms with van der Waals surface area (Å²) in [6.45, 7) is 0.403. The summed E-state index contributed by atoms with van der Waals surface area (Å²) in [6.07, 6.45) is 0.434. The number of nitrogen functional groups attached to an aromatic ring is 1. The van der Waals surface area contributed by atoms with Gasteiger partial charge in [0.2, 0.25) is 10.0 Å². The lowest BCUT2D eigenvalue weighted by Crippen LogP contribution is -2.18. The van der Waals surface area contributed by atoms with Crippen LogP contribution in [0.3, 0.4) is 0 Å². The van der Waals surface area contributed by atoms with Gasteiger partial charge in [0.15, 0.2) is 0 Å². The van der Waals surface area contributed by atoms with Crippen molar-refractivity contribution in [2.75, 3.05) is 37.0 Å². The van der Waals surface area contributed by atoms with Gasteiger partial charge in [-0.25, -0.2) is 8.42 Å². The first-order chi connectivity index (χ1) is 8.48. The number of sulfonamides is 1. The molecule has 0 spiro atoms. The number of methoxy groups -OCH3 is 2. The molecule has 0 aliphatic heterocycles. The van der Waals surface area contributed by atoms with Crippen LogP contribution in [0.15, 0.2) is 18.2 Å². The highest BCUT2D eigenvalue weighted by Gasteiger charge is 2.13. The van der Waals surface area contributed by atoms with Crippen LogP contribution in [0, 0.1) is 0 Å². The van der Waals surface area contributed by atoms with Crippen LogP contribution in [0.25, 0.3) is 0 Å². The maximum absolute atomic E-state index is 11.8. The summed E-state index contributed by atoms with van der Waals surface area (Å²) in [7, 11) is -0.416. The van der Waals surface area contributed by atoms with E-state index >= 15 is 0 Å². The zero-order valence-corrected chi connectivity index (χ0v) is 11.3. The SMILES string of the molecule is COCCCS(=O)(=O)Nc1ccc(N)cc1OC. The molecule has 0 saturated heterocycles. The Morgan fingerprint density at radius 1 is 1.33 bits per heavy atom. The van der Waals surface area contributed by atoms with Crippen molar-refractivity contribution in [2.24, 2.45) is 0 Å². The van der Waals surface area contributed by atoms with Gasteiger partial charge in [-0.05, 0) is 18.6 Å². The average Bonchev–Trinajstić information content (AvgIpc) is 2.31. The maximum atomic E-state index is 11.8. The zero-order valence-electron chi connectivity index (χ0n) is 10.5. The normalized spacial score (nSPS) is 11.2. The molecule has 1 rings (SSSR count). The van der Waals surface area contributed by atoms with E-state index in [0.717, 1.165) is 0 Å². The van der Waals surface area contributed by atoms with E-state index in [0.29, 0.717) is 30.2 Å². The second-order valence-corrected chi connectivity index (χ2v) is 5.57. The van der Waals surface area contributed by atoms with E-state index in [1.807, 2.05) is 0 Å². The van der Waals surface area contributed by atoms with Crippen molar-refractivity contribution in [3.05, 3.63) is 18.2 Å². The second kappa shape index (κ2) is 6.46. The molecule has 18 heavy (non-hydrogen) atoms. The molecule has 0 heterocycles. The smallest absolute Gasteiger partial charge is 0.232 e. The summed E-state index contributed by atoms with van der Waals surface area (Å²) in [5.74, 6) is 0.388. The van der Waals surface area contributed by atoms with Crippen LogP contribution >= 0.6 is 0 Å². The average molecular weight is 274 g/mol. The van der Waals surface area contributed by atoms with Crippen LogP contribution in [0.5, 0.6) is 5.75 Å². The number of hydrogen-bond acceptors (Lipinski definition) is 5. The molecule has 0 unspecified atom stereocenters. The summed E-state index contributed by atoms with van der Waals surface area (Å²) in [6, 6.07) is 4.74. The number of benzene rings is 1. The Morgan fingerprint density at radius 3 is 2.67 bits per heavy atom. The van der Waals surface area contributed by atoms with Gasteiger partial charge in [0, 0.05) is 25.5 Å². The molecule has 102 valence electrons. The minimum absolute atomic E-state index is 0.00558. The lowest BCUT2D eigenvalue weighted by molar-refractivity contribution is 0.199. The first kappa shape index (κ1) is 14.6. The summed E-state index contributed by atoms with van der Waals surface area (Å²) in [4.78, 5) is 0. The molecular weight excluding hydrogens is 256 g/mol. The standard InChI is InChI=1S/C11H18N2O4S/c1-16-6-3-7-18(14,15)13-10-5-4-9(12)8-11(10)17-2/h4-5,8,13H,3,6-7,12H2,1-2H3. The third-order valence-corrected chi connectivity index (χ3v) is 3.61. The van der Waals surface area contributed by atoms with Crippen LogP contribution in [-0.4, -0.2) is 35.0 Å². The molecule has 0 aliphatic carbocycles. The molecule has 0 bridgehead atoms. The number of ether oxygens (including phenoxy) is 2. The molecule has 1 aromatic carbocycles. The minimum Gasteiger partial charge on any atom is -0.494 e. The predicted octanol–water partition coefficient (Wildman–Crippen LogP) is 1.06. The third-order valence-electron chi connectivity index (χ3n) is 2.25. The highest BCUT2D eigenvalue weighted by atomic mass is 32.2. The van der Waals surface area contributed by atoms with E-state index in [1.165, 1.54) is 14.2 Å². The molecule has 0 atom stereocenters. The van der Waals surface area contributed by atoms with Gasteiger partial charge < -0.3 is 15.2 Å². The molecule has 3 N–H and O–H groups in total. The predicted molar refractivity (Wildman–Crippen MR) is 71.3 cm³/mol. The number of hydrogen-bond donors (Lipinski definition) is 2. The van der Waals surface area contributed by atoms with Crippen LogP contribution < -0.4 is 15.2 Å². The number of rotatable bonds is 7. The first-order valence-electron chi connectivity index (χ1n) is 5.41. The van der Waals surface area contributed by atoms with Gasteiger partial charge >= 0.3 is 0 Å².